The Morgan fingerprint density at radius 2 is 2.26 bits per heavy atom. The quantitative estimate of drug-likeness (QED) is 0.829. The van der Waals surface area contributed by atoms with E-state index in [1.807, 2.05) is 4.57 Å². The molecule has 0 aliphatic carbocycles. The van der Waals surface area contributed by atoms with E-state index < -0.39 is 5.97 Å². The van der Waals surface area contributed by atoms with E-state index in [2.05, 4.69) is 10.2 Å². The monoisotopic (exact) mass is 267 g/mol. The molecular weight excluding hydrogens is 250 g/mol. The Labute approximate surface area is 110 Å². The largest absolute Gasteiger partial charge is 0.481 e. The average molecular weight is 267 g/mol. The number of carboxylic acids is 1. The van der Waals surface area contributed by atoms with Crippen LogP contribution in [0.5, 0.6) is 0 Å². The molecule has 2 rings (SSSR count). The van der Waals surface area contributed by atoms with Crippen molar-refractivity contribution < 1.29 is 14.7 Å². The molecule has 0 radical (unpaired) electrons. The number of fused-ring (bicyclic) bond motifs is 1. The Hall–Kier alpha value is -2.12. The average Bonchev–Trinajstić information content (AvgIpc) is 2.84. The topological polar surface area (TPSA) is 91.6 Å². The van der Waals surface area contributed by atoms with Crippen LogP contribution in [0.1, 0.15) is 18.7 Å². The van der Waals surface area contributed by atoms with Crippen molar-refractivity contribution in [2.45, 2.75) is 25.9 Å². The molecule has 0 saturated carbocycles. The number of aromatic nitrogens is 3. The number of nitrogens with zero attached hydrogens (tertiary/aromatic N) is 5. The van der Waals surface area contributed by atoms with E-state index in [0.717, 1.165) is 5.82 Å². The number of urea groups is 1. The molecule has 0 spiro atoms. The second-order valence-electron chi connectivity index (χ2n) is 4.56. The summed E-state index contributed by atoms with van der Waals surface area (Å²) in [5, 5.41) is 16.3. The minimum Gasteiger partial charge on any atom is -0.481 e. The summed E-state index contributed by atoms with van der Waals surface area (Å²) in [6.07, 6.45) is 2.20. The Bertz CT molecular complexity index is 473. The van der Waals surface area contributed by atoms with Gasteiger partial charge in [-0.25, -0.2) is 4.79 Å². The van der Waals surface area contributed by atoms with Gasteiger partial charge in [0.05, 0.1) is 6.54 Å². The van der Waals surface area contributed by atoms with Crippen LogP contribution in [-0.2, 0) is 17.9 Å². The van der Waals surface area contributed by atoms with Crippen molar-refractivity contribution in [1.82, 2.24) is 24.6 Å². The second kappa shape index (κ2) is 5.68. The lowest BCUT2D eigenvalue weighted by Crippen LogP contribution is -2.45. The molecule has 0 bridgehead atoms. The van der Waals surface area contributed by atoms with E-state index in [1.165, 1.54) is 0 Å². The lowest BCUT2D eigenvalue weighted by molar-refractivity contribution is -0.137. The Morgan fingerprint density at radius 1 is 1.47 bits per heavy atom. The first-order valence-electron chi connectivity index (χ1n) is 6.16. The third-order valence-corrected chi connectivity index (χ3v) is 3.12. The molecule has 1 aromatic rings. The fourth-order valence-corrected chi connectivity index (χ4v) is 2.03. The second-order valence-corrected chi connectivity index (χ2v) is 4.56. The molecule has 1 aromatic heterocycles. The third kappa shape index (κ3) is 3.21. The number of hydrogen-bond donors (Lipinski definition) is 1. The summed E-state index contributed by atoms with van der Waals surface area (Å²) in [6.45, 7) is 2.20. The molecule has 104 valence electrons. The van der Waals surface area contributed by atoms with Gasteiger partial charge >= 0.3 is 12.0 Å². The van der Waals surface area contributed by atoms with Gasteiger partial charge in [0.25, 0.3) is 0 Å². The molecule has 8 heteroatoms. The zero-order chi connectivity index (χ0) is 13.8. The molecule has 1 aliphatic rings. The number of carbonyl (C=O) groups is 2. The molecule has 0 fully saturated rings. The lowest BCUT2D eigenvalue weighted by atomic mass is 10.3. The molecule has 1 N–H and O–H groups in total. The smallest absolute Gasteiger partial charge is 0.320 e. The van der Waals surface area contributed by atoms with Crippen molar-refractivity contribution >= 4 is 12.0 Å². The van der Waals surface area contributed by atoms with Crippen molar-refractivity contribution in [3.63, 3.8) is 0 Å². The minimum atomic E-state index is -0.841. The summed E-state index contributed by atoms with van der Waals surface area (Å²) >= 11 is 0. The van der Waals surface area contributed by atoms with E-state index in [0.29, 0.717) is 32.6 Å². The first-order valence-corrected chi connectivity index (χ1v) is 6.16. The fourth-order valence-electron chi connectivity index (χ4n) is 2.03. The number of carbonyl (C=O) groups excluding carboxylic acids is 1. The molecule has 0 unspecified atom stereocenters. The van der Waals surface area contributed by atoms with Crippen molar-refractivity contribution in [1.29, 1.82) is 0 Å². The summed E-state index contributed by atoms with van der Waals surface area (Å²) in [5.74, 6) is -0.0644. The van der Waals surface area contributed by atoms with Gasteiger partial charge in [-0.1, -0.05) is 0 Å². The molecule has 19 heavy (non-hydrogen) atoms. The number of carboxylic acid groups (broad SMARTS) is 1. The molecular formula is C11H17N5O3. The maximum absolute atomic E-state index is 12.2. The molecule has 2 heterocycles. The predicted octanol–water partition coefficient (Wildman–Crippen LogP) is 0.0103. The molecule has 2 amide bonds. The highest BCUT2D eigenvalue weighted by Crippen LogP contribution is 2.11. The van der Waals surface area contributed by atoms with Crippen LogP contribution in [0.2, 0.25) is 0 Å². The van der Waals surface area contributed by atoms with Gasteiger partial charge in [-0.3, -0.25) is 4.79 Å². The molecule has 0 saturated heterocycles. The molecule has 1 aliphatic heterocycles. The molecule has 0 aromatic carbocycles. The number of amides is 2. The number of hydrogen-bond acceptors (Lipinski definition) is 4. The van der Waals surface area contributed by atoms with Crippen LogP contribution >= 0.6 is 0 Å². The van der Waals surface area contributed by atoms with E-state index in [9.17, 15) is 9.59 Å². The van der Waals surface area contributed by atoms with Gasteiger partial charge in [0.2, 0.25) is 0 Å². The van der Waals surface area contributed by atoms with Gasteiger partial charge in [0.15, 0.2) is 5.82 Å². The van der Waals surface area contributed by atoms with Crippen molar-refractivity contribution in [3.05, 3.63) is 12.2 Å². The predicted molar refractivity (Wildman–Crippen MR) is 65.3 cm³/mol. The summed E-state index contributed by atoms with van der Waals surface area (Å²) in [7, 11) is 1.68. The number of aliphatic carboxylic acids is 1. The normalized spacial score (nSPS) is 14.1. The Balaban J connectivity index is 1.85. The first-order chi connectivity index (χ1) is 9.08. The maximum Gasteiger partial charge on any atom is 0.320 e. The fraction of sp³-hybridized carbons (Fsp3) is 0.636. The zero-order valence-electron chi connectivity index (χ0n) is 10.8. The van der Waals surface area contributed by atoms with E-state index in [4.69, 9.17) is 5.11 Å². The van der Waals surface area contributed by atoms with Crippen LogP contribution in [0.3, 0.4) is 0 Å². The standard InChI is InChI=1S/C11H17N5O3/c1-14(4-2-3-10(17)18)11(19)15-5-6-16-8-12-13-9(16)7-15/h8H,2-7H2,1H3,(H,17,18). The molecule has 8 nitrogen and oxygen atoms in total. The van der Waals surface area contributed by atoms with Gasteiger partial charge in [0, 0.05) is 33.1 Å². The summed E-state index contributed by atoms with van der Waals surface area (Å²) in [5.41, 5.74) is 0. The van der Waals surface area contributed by atoms with Gasteiger partial charge in [-0.2, -0.15) is 0 Å². The van der Waals surface area contributed by atoms with E-state index >= 15 is 0 Å². The van der Waals surface area contributed by atoms with Gasteiger partial charge in [-0.05, 0) is 6.42 Å². The first kappa shape index (κ1) is 13.3. The highest BCUT2D eigenvalue weighted by molar-refractivity contribution is 5.74. The highest BCUT2D eigenvalue weighted by Gasteiger charge is 2.24. The zero-order valence-corrected chi connectivity index (χ0v) is 10.8. The van der Waals surface area contributed by atoms with Gasteiger partial charge < -0.3 is 19.5 Å². The van der Waals surface area contributed by atoms with Crippen molar-refractivity contribution in [2.24, 2.45) is 0 Å². The van der Waals surface area contributed by atoms with Gasteiger partial charge in [0.1, 0.15) is 6.33 Å². The SMILES string of the molecule is CN(CCCC(=O)O)C(=O)N1CCn2cnnc2C1. The van der Waals surface area contributed by atoms with Crippen LogP contribution in [0.25, 0.3) is 0 Å². The third-order valence-electron chi connectivity index (χ3n) is 3.12. The van der Waals surface area contributed by atoms with Crippen molar-refractivity contribution in [3.8, 4) is 0 Å². The Morgan fingerprint density at radius 3 is 3.00 bits per heavy atom. The number of rotatable bonds is 4. The molecule has 0 atom stereocenters. The van der Waals surface area contributed by atoms with Crippen LogP contribution in [0.15, 0.2) is 6.33 Å². The Kier molecular flexibility index (Phi) is 3.98. The highest BCUT2D eigenvalue weighted by atomic mass is 16.4. The van der Waals surface area contributed by atoms with E-state index in [1.54, 1.807) is 23.2 Å². The maximum atomic E-state index is 12.2. The van der Waals surface area contributed by atoms with Crippen molar-refractivity contribution in [2.75, 3.05) is 20.1 Å². The van der Waals surface area contributed by atoms with Crippen LogP contribution in [0.4, 0.5) is 4.79 Å². The van der Waals surface area contributed by atoms with Crippen LogP contribution in [0, 0.1) is 0 Å². The van der Waals surface area contributed by atoms with Crippen LogP contribution in [-0.4, -0.2) is 61.8 Å². The minimum absolute atomic E-state index is 0.0753. The summed E-state index contributed by atoms with van der Waals surface area (Å²) in [4.78, 5) is 25.8. The van der Waals surface area contributed by atoms with E-state index in [-0.39, 0.29) is 12.5 Å². The van der Waals surface area contributed by atoms with Crippen LogP contribution < -0.4 is 0 Å². The lowest BCUT2D eigenvalue weighted by Gasteiger charge is -2.31. The summed E-state index contributed by atoms with van der Waals surface area (Å²) < 4.78 is 1.92. The summed E-state index contributed by atoms with van der Waals surface area (Å²) in [6, 6.07) is -0.0976. The van der Waals surface area contributed by atoms with Gasteiger partial charge in [-0.15, -0.1) is 10.2 Å².